The van der Waals surface area contributed by atoms with E-state index in [1.807, 2.05) is 0 Å². The highest BCUT2D eigenvalue weighted by molar-refractivity contribution is 5.55. The van der Waals surface area contributed by atoms with Crippen LogP contribution in [0.5, 0.6) is 5.88 Å². The summed E-state index contributed by atoms with van der Waals surface area (Å²) in [6.45, 7) is 4.85. The van der Waals surface area contributed by atoms with Crippen molar-refractivity contribution in [2.24, 2.45) is 5.92 Å². The molecule has 1 aliphatic carbocycles. The number of rotatable bonds is 6. The summed E-state index contributed by atoms with van der Waals surface area (Å²) in [6, 6.07) is 2.14. The molecule has 0 aromatic carbocycles. The Morgan fingerprint density at radius 2 is 2.17 bits per heavy atom. The van der Waals surface area contributed by atoms with Gasteiger partial charge in [-0.05, 0) is 33.6 Å². The molecule has 0 aliphatic heterocycles. The van der Waals surface area contributed by atoms with Crippen LogP contribution in [0.2, 0.25) is 0 Å². The molecule has 156 valence electrons. The number of aryl methyl sites for hydroxylation is 1. The third kappa shape index (κ3) is 4.60. The van der Waals surface area contributed by atoms with Crippen molar-refractivity contribution in [1.82, 2.24) is 19.7 Å². The fourth-order valence-electron chi connectivity index (χ4n) is 3.11. The second-order valence-electron chi connectivity index (χ2n) is 7.73. The average molecular weight is 408 g/mol. The highest BCUT2D eigenvalue weighted by Crippen LogP contribution is 2.38. The van der Waals surface area contributed by atoms with Crippen LogP contribution >= 0.6 is 0 Å². The second kappa shape index (κ2) is 7.89. The van der Waals surface area contributed by atoms with Gasteiger partial charge in [0.2, 0.25) is 11.8 Å². The second-order valence-corrected chi connectivity index (χ2v) is 7.73. The molecule has 0 amide bonds. The molecule has 1 saturated carbocycles. The van der Waals surface area contributed by atoms with E-state index in [1.54, 1.807) is 27.0 Å². The molecule has 0 spiro atoms. The Labute approximate surface area is 166 Å². The molecule has 0 radical (unpaired) electrons. The minimum absolute atomic E-state index is 0.0363. The van der Waals surface area contributed by atoms with E-state index in [9.17, 15) is 18.4 Å². The van der Waals surface area contributed by atoms with Crippen LogP contribution in [-0.2, 0) is 5.54 Å². The van der Waals surface area contributed by atoms with Crippen molar-refractivity contribution >= 4 is 11.6 Å². The largest absolute Gasteiger partial charge is 0.475 e. The maximum Gasteiger partial charge on any atom is 0.255 e. The SMILES string of the molecule is Cc1nn(C(C)(C)C#N)cc1Nc1ncc(F)c(OCC2CCCCC2(F)F)n1. The van der Waals surface area contributed by atoms with Crippen LogP contribution in [0.15, 0.2) is 12.4 Å². The Bertz CT molecular complexity index is 921. The summed E-state index contributed by atoms with van der Waals surface area (Å²) < 4.78 is 48.7. The van der Waals surface area contributed by atoms with Crippen molar-refractivity contribution in [3.63, 3.8) is 0 Å². The molecule has 29 heavy (non-hydrogen) atoms. The van der Waals surface area contributed by atoms with Gasteiger partial charge in [0.25, 0.3) is 11.8 Å². The number of nitrogens with one attached hydrogen (secondary N) is 1. The lowest BCUT2D eigenvalue weighted by molar-refractivity contribution is -0.0985. The van der Waals surface area contributed by atoms with Crippen LogP contribution in [0, 0.1) is 30.0 Å². The standard InChI is InChI=1S/C19H23F3N6O/c1-12-15(9-28(27-12)18(2,3)11-23)25-17-24-8-14(20)16(26-17)29-10-13-6-4-5-7-19(13,21)22/h8-9,13H,4-7,10H2,1-3H3,(H,24,25,26). The molecule has 1 N–H and O–H groups in total. The topological polar surface area (TPSA) is 88.7 Å². The summed E-state index contributed by atoms with van der Waals surface area (Å²) in [7, 11) is 0. The monoisotopic (exact) mass is 408 g/mol. The first-order valence-corrected chi connectivity index (χ1v) is 9.40. The first kappa shape index (κ1) is 20.9. The molecule has 10 heteroatoms. The summed E-state index contributed by atoms with van der Waals surface area (Å²) in [5.74, 6) is -4.95. The van der Waals surface area contributed by atoms with E-state index in [4.69, 9.17) is 4.74 Å². The number of anilines is 2. The Balaban J connectivity index is 1.74. The molecule has 2 aromatic rings. The van der Waals surface area contributed by atoms with Crippen molar-refractivity contribution in [3.05, 3.63) is 23.9 Å². The molecule has 1 atom stereocenters. The lowest BCUT2D eigenvalue weighted by Gasteiger charge is -2.30. The fraction of sp³-hybridized carbons (Fsp3) is 0.579. The molecule has 3 rings (SSSR count). The van der Waals surface area contributed by atoms with E-state index in [-0.39, 0.29) is 24.9 Å². The van der Waals surface area contributed by atoms with E-state index in [0.29, 0.717) is 30.6 Å². The highest BCUT2D eigenvalue weighted by Gasteiger charge is 2.41. The number of nitriles is 1. The van der Waals surface area contributed by atoms with E-state index < -0.39 is 23.2 Å². The number of hydrogen-bond donors (Lipinski definition) is 1. The van der Waals surface area contributed by atoms with Crippen LogP contribution < -0.4 is 10.1 Å². The van der Waals surface area contributed by atoms with Crippen molar-refractivity contribution in [1.29, 1.82) is 5.26 Å². The molecule has 1 aliphatic rings. The Morgan fingerprint density at radius 1 is 1.41 bits per heavy atom. The number of halogens is 3. The van der Waals surface area contributed by atoms with Crippen LogP contribution in [0.25, 0.3) is 0 Å². The van der Waals surface area contributed by atoms with Gasteiger partial charge in [-0.15, -0.1) is 0 Å². The molecule has 2 heterocycles. The zero-order valence-electron chi connectivity index (χ0n) is 16.5. The first-order valence-electron chi connectivity index (χ1n) is 9.40. The van der Waals surface area contributed by atoms with E-state index in [0.717, 1.165) is 6.20 Å². The van der Waals surface area contributed by atoms with Gasteiger partial charge < -0.3 is 10.1 Å². The van der Waals surface area contributed by atoms with Gasteiger partial charge in [0, 0.05) is 6.42 Å². The molecule has 1 fully saturated rings. The third-order valence-electron chi connectivity index (χ3n) is 5.03. The third-order valence-corrected chi connectivity index (χ3v) is 5.03. The zero-order chi connectivity index (χ0) is 21.2. The zero-order valence-corrected chi connectivity index (χ0v) is 16.5. The number of nitrogens with zero attached hydrogens (tertiary/aromatic N) is 5. The molecule has 7 nitrogen and oxygen atoms in total. The Kier molecular flexibility index (Phi) is 5.68. The Morgan fingerprint density at radius 3 is 2.86 bits per heavy atom. The molecule has 2 aromatic heterocycles. The summed E-state index contributed by atoms with van der Waals surface area (Å²) in [6.07, 6.45) is 3.87. The summed E-state index contributed by atoms with van der Waals surface area (Å²) in [4.78, 5) is 7.83. The van der Waals surface area contributed by atoms with Gasteiger partial charge >= 0.3 is 0 Å². The van der Waals surface area contributed by atoms with Gasteiger partial charge in [-0.25, -0.2) is 13.8 Å². The highest BCUT2D eigenvalue weighted by atomic mass is 19.3. The quantitative estimate of drug-likeness (QED) is 0.765. The average Bonchev–Trinajstić information content (AvgIpc) is 3.04. The number of alkyl halides is 2. The minimum atomic E-state index is -2.82. The van der Waals surface area contributed by atoms with Gasteiger partial charge in [-0.1, -0.05) is 6.42 Å². The van der Waals surface area contributed by atoms with Crippen molar-refractivity contribution in [2.45, 2.75) is 57.9 Å². The number of ether oxygens (including phenoxy) is 1. The van der Waals surface area contributed by atoms with Crippen LogP contribution in [0.1, 0.15) is 45.2 Å². The van der Waals surface area contributed by atoms with Crippen molar-refractivity contribution in [2.75, 3.05) is 11.9 Å². The molecular formula is C19H23F3N6O. The lowest BCUT2D eigenvalue weighted by Crippen LogP contribution is -2.35. The van der Waals surface area contributed by atoms with Crippen LogP contribution in [0.3, 0.4) is 0 Å². The van der Waals surface area contributed by atoms with E-state index >= 15 is 0 Å². The van der Waals surface area contributed by atoms with Gasteiger partial charge in [0.15, 0.2) is 0 Å². The van der Waals surface area contributed by atoms with Crippen LogP contribution in [0.4, 0.5) is 24.8 Å². The van der Waals surface area contributed by atoms with Crippen LogP contribution in [-0.4, -0.2) is 32.3 Å². The maximum atomic E-state index is 14.0. The number of hydrogen-bond acceptors (Lipinski definition) is 6. The van der Waals surface area contributed by atoms with Gasteiger partial charge in [0.1, 0.15) is 5.54 Å². The molecule has 1 unspecified atom stereocenters. The predicted molar refractivity (Wildman–Crippen MR) is 99.6 cm³/mol. The van der Waals surface area contributed by atoms with Crippen molar-refractivity contribution < 1.29 is 17.9 Å². The van der Waals surface area contributed by atoms with Gasteiger partial charge in [-0.3, -0.25) is 4.68 Å². The molecular weight excluding hydrogens is 385 g/mol. The maximum absolute atomic E-state index is 14.0. The van der Waals surface area contributed by atoms with Gasteiger partial charge in [-0.2, -0.15) is 19.7 Å². The van der Waals surface area contributed by atoms with E-state index in [2.05, 4.69) is 26.5 Å². The fourth-order valence-corrected chi connectivity index (χ4v) is 3.11. The normalized spacial score (nSPS) is 18.9. The summed E-state index contributed by atoms with van der Waals surface area (Å²) >= 11 is 0. The van der Waals surface area contributed by atoms with Crippen molar-refractivity contribution in [3.8, 4) is 11.9 Å². The number of aromatic nitrogens is 4. The van der Waals surface area contributed by atoms with E-state index in [1.165, 1.54) is 4.68 Å². The Hall–Kier alpha value is -2.83. The lowest BCUT2D eigenvalue weighted by atomic mass is 9.86. The molecule has 0 bridgehead atoms. The first-order chi connectivity index (χ1) is 13.6. The smallest absolute Gasteiger partial charge is 0.255 e. The molecule has 0 saturated heterocycles. The van der Waals surface area contributed by atoms with Gasteiger partial charge in [0.05, 0.1) is 42.4 Å². The minimum Gasteiger partial charge on any atom is -0.475 e. The summed E-state index contributed by atoms with van der Waals surface area (Å²) in [5, 5.41) is 16.4. The predicted octanol–water partition coefficient (Wildman–Crippen LogP) is 4.33. The summed E-state index contributed by atoms with van der Waals surface area (Å²) in [5.41, 5.74) is 0.267.